The lowest BCUT2D eigenvalue weighted by Gasteiger charge is -2.32. The van der Waals surface area contributed by atoms with Crippen LogP contribution in [0.4, 0.5) is 0 Å². The van der Waals surface area contributed by atoms with E-state index in [0.717, 1.165) is 17.5 Å². The highest BCUT2D eigenvalue weighted by atomic mass is 35.5. The van der Waals surface area contributed by atoms with E-state index in [1.165, 1.54) is 0 Å². The number of carbonyl (C=O) groups excluding carboxylic acids is 1. The number of halogens is 3. The second-order valence-electron chi connectivity index (χ2n) is 5.77. The van der Waals surface area contributed by atoms with Crippen molar-refractivity contribution in [3.63, 3.8) is 0 Å². The normalized spacial score (nSPS) is 15.4. The topological polar surface area (TPSA) is 46.3 Å². The molecule has 1 atom stereocenters. The number of hydrogen-bond acceptors (Lipinski definition) is 2. The van der Waals surface area contributed by atoms with E-state index in [1.807, 2.05) is 6.07 Å². The van der Waals surface area contributed by atoms with Crippen molar-refractivity contribution in [2.75, 3.05) is 6.54 Å². The molecule has 1 heterocycles. The summed E-state index contributed by atoms with van der Waals surface area (Å²) in [7, 11) is 0. The maximum Gasteiger partial charge on any atom is 0.239 e. The smallest absolute Gasteiger partial charge is 0.239 e. The fourth-order valence-electron chi connectivity index (χ4n) is 2.61. The summed E-state index contributed by atoms with van der Waals surface area (Å²) in [6.45, 7) is 5.33. The number of benzene rings is 1. The van der Waals surface area contributed by atoms with Gasteiger partial charge in [0, 0.05) is 23.1 Å². The number of fused-ring (bicyclic) bond motifs is 1. The summed E-state index contributed by atoms with van der Waals surface area (Å²) in [5.41, 5.74) is 8.11. The van der Waals surface area contributed by atoms with E-state index >= 15 is 0 Å². The van der Waals surface area contributed by atoms with Crippen molar-refractivity contribution in [1.82, 2.24) is 4.90 Å². The van der Waals surface area contributed by atoms with Gasteiger partial charge in [0.2, 0.25) is 5.91 Å². The van der Waals surface area contributed by atoms with Gasteiger partial charge in [0.05, 0.1) is 6.04 Å². The molecular formula is C15H21Cl3N2O. The number of rotatable bonds is 3. The third-order valence-electron chi connectivity index (χ3n) is 3.61. The highest BCUT2D eigenvalue weighted by Crippen LogP contribution is 2.30. The molecule has 0 aliphatic carbocycles. The minimum Gasteiger partial charge on any atom is -0.337 e. The highest BCUT2D eigenvalue weighted by Gasteiger charge is 2.26. The van der Waals surface area contributed by atoms with E-state index in [2.05, 4.69) is 13.8 Å². The minimum atomic E-state index is -0.428. The summed E-state index contributed by atoms with van der Waals surface area (Å²) in [5.74, 6) is 0.420. The Morgan fingerprint density at radius 3 is 2.67 bits per heavy atom. The van der Waals surface area contributed by atoms with Crippen LogP contribution in [0.5, 0.6) is 0 Å². The van der Waals surface area contributed by atoms with Crippen LogP contribution < -0.4 is 5.73 Å². The Labute approximate surface area is 142 Å². The predicted molar refractivity (Wildman–Crippen MR) is 90.3 cm³/mol. The molecule has 0 saturated carbocycles. The van der Waals surface area contributed by atoms with Crippen LogP contribution in [0.15, 0.2) is 12.1 Å². The number of carbonyl (C=O) groups is 1. The SMILES string of the molecule is CC(C)C[C@H](N)C(=O)N1CCc2cc(Cl)cc(Cl)c2C1.Cl. The van der Waals surface area contributed by atoms with Gasteiger partial charge in [-0.2, -0.15) is 0 Å². The van der Waals surface area contributed by atoms with Crippen LogP contribution >= 0.6 is 35.6 Å². The van der Waals surface area contributed by atoms with Gasteiger partial charge in [0.1, 0.15) is 0 Å². The van der Waals surface area contributed by atoms with Crippen molar-refractivity contribution in [3.8, 4) is 0 Å². The van der Waals surface area contributed by atoms with Crippen LogP contribution in [0.3, 0.4) is 0 Å². The van der Waals surface area contributed by atoms with Crippen molar-refractivity contribution in [1.29, 1.82) is 0 Å². The quantitative estimate of drug-likeness (QED) is 0.903. The first-order chi connectivity index (χ1) is 9.38. The van der Waals surface area contributed by atoms with Gasteiger partial charge in [-0.25, -0.2) is 0 Å². The molecule has 2 rings (SSSR count). The van der Waals surface area contributed by atoms with Crippen LogP contribution in [0.1, 0.15) is 31.4 Å². The van der Waals surface area contributed by atoms with Crippen molar-refractivity contribution in [3.05, 3.63) is 33.3 Å². The fourth-order valence-corrected chi connectivity index (χ4v) is 3.21. The number of amides is 1. The van der Waals surface area contributed by atoms with Gasteiger partial charge in [-0.1, -0.05) is 37.0 Å². The summed E-state index contributed by atoms with van der Waals surface area (Å²) >= 11 is 12.2. The van der Waals surface area contributed by atoms with Gasteiger partial charge in [0.15, 0.2) is 0 Å². The molecule has 0 aromatic heterocycles. The van der Waals surface area contributed by atoms with Crippen LogP contribution in [-0.4, -0.2) is 23.4 Å². The van der Waals surface area contributed by atoms with E-state index in [0.29, 0.717) is 35.5 Å². The maximum absolute atomic E-state index is 12.4. The third kappa shape index (κ3) is 4.49. The van der Waals surface area contributed by atoms with Crippen molar-refractivity contribution < 1.29 is 4.79 Å². The van der Waals surface area contributed by atoms with Gasteiger partial charge in [-0.15, -0.1) is 12.4 Å². The zero-order valence-electron chi connectivity index (χ0n) is 12.2. The second kappa shape index (κ2) is 7.68. The van der Waals surface area contributed by atoms with E-state index in [9.17, 15) is 4.79 Å². The zero-order chi connectivity index (χ0) is 14.9. The highest BCUT2D eigenvalue weighted by molar-refractivity contribution is 6.35. The fraction of sp³-hybridized carbons (Fsp3) is 0.533. The Kier molecular flexibility index (Phi) is 6.79. The van der Waals surface area contributed by atoms with Crippen molar-refractivity contribution >= 4 is 41.5 Å². The molecular weight excluding hydrogens is 331 g/mol. The van der Waals surface area contributed by atoms with E-state index in [-0.39, 0.29) is 18.3 Å². The summed E-state index contributed by atoms with van der Waals surface area (Å²) in [6, 6.07) is 3.23. The maximum atomic E-state index is 12.4. The first kappa shape index (κ1) is 18.6. The Bertz CT molecular complexity index is 520. The molecule has 118 valence electrons. The van der Waals surface area contributed by atoms with Gasteiger partial charge in [-0.05, 0) is 42.0 Å². The molecule has 0 unspecified atom stereocenters. The zero-order valence-corrected chi connectivity index (χ0v) is 14.6. The molecule has 0 fully saturated rings. The Morgan fingerprint density at radius 2 is 2.05 bits per heavy atom. The molecule has 0 spiro atoms. The lowest BCUT2D eigenvalue weighted by molar-refractivity contribution is -0.133. The Hall–Kier alpha value is -0.480. The van der Waals surface area contributed by atoms with Gasteiger partial charge >= 0.3 is 0 Å². The molecule has 2 N–H and O–H groups in total. The molecule has 1 aliphatic rings. The first-order valence-electron chi connectivity index (χ1n) is 6.89. The number of hydrogen-bond donors (Lipinski definition) is 1. The molecule has 1 aromatic rings. The van der Waals surface area contributed by atoms with Crippen LogP contribution in [-0.2, 0) is 17.8 Å². The average Bonchev–Trinajstić information content (AvgIpc) is 2.36. The molecule has 1 aliphatic heterocycles. The predicted octanol–water partition coefficient (Wildman–Crippen LogP) is 3.67. The molecule has 6 heteroatoms. The lowest BCUT2D eigenvalue weighted by Crippen LogP contribution is -2.46. The van der Waals surface area contributed by atoms with Gasteiger partial charge in [-0.3, -0.25) is 4.79 Å². The molecule has 0 bridgehead atoms. The largest absolute Gasteiger partial charge is 0.337 e. The number of nitrogens with zero attached hydrogens (tertiary/aromatic N) is 1. The van der Waals surface area contributed by atoms with Gasteiger partial charge < -0.3 is 10.6 Å². The van der Waals surface area contributed by atoms with E-state index < -0.39 is 6.04 Å². The van der Waals surface area contributed by atoms with Crippen molar-refractivity contribution in [2.24, 2.45) is 11.7 Å². The summed E-state index contributed by atoms with van der Waals surface area (Å²) < 4.78 is 0. The molecule has 1 aromatic carbocycles. The summed E-state index contributed by atoms with van der Waals surface area (Å²) in [4.78, 5) is 14.2. The first-order valence-corrected chi connectivity index (χ1v) is 7.65. The van der Waals surface area contributed by atoms with Crippen molar-refractivity contribution in [2.45, 2.75) is 39.3 Å². The summed E-state index contributed by atoms with van der Waals surface area (Å²) in [6.07, 6.45) is 1.48. The van der Waals surface area contributed by atoms with Gasteiger partial charge in [0.25, 0.3) is 0 Å². The summed E-state index contributed by atoms with van der Waals surface area (Å²) in [5, 5.41) is 1.27. The molecule has 3 nitrogen and oxygen atoms in total. The second-order valence-corrected chi connectivity index (χ2v) is 6.61. The van der Waals surface area contributed by atoms with E-state index in [4.69, 9.17) is 28.9 Å². The van der Waals surface area contributed by atoms with Crippen LogP contribution in [0.25, 0.3) is 0 Å². The lowest BCUT2D eigenvalue weighted by atomic mass is 9.97. The average molecular weight is 352 g/mol. The third-order valence-corrected chi connectivity index (χ3v) is 4.16. The number of nitrogens with two attached hydrogens (primary N) is 1. The molecule has 1 amide bonds. The molecule has 0 saturated heterocycles. The van der Waals surface area contributed by atoms with E-state index in [1.54, 1.807) is 11.0 Å². The Balaban J connectivity index is 0.00000220. The molecule has 21 heavy (non-hydrogen) atoms. The Morgan fingerprint density at radius 1 is 1.38 bits per heavy atom. The van der Waals surface area contributed by atoms with Crippen LogP contribution in [0, 0.1) is 5.92 Å². The monoisotopic (exact) mass is 350 g/mol. The standard InChI is InChI=1S/C15H20Cl2N2O.ClH/c1-9(2)5-14(18)15(20)19-4-3-10-6-11(16)7-13(17)12(10)8-19;/h6-7,9,14H,3-5,8,18H2,1-2H3;1H/t14-;/m0./s1. The van der Waals surface area contributed by atoms with Crippen LogP contribution in [0.2, 0.25) is 10.0 Å². The minimum absolute atomic E-state index is 0. The molecule has 0 radical (unpaired) electrons.